The molecule has 0 aliphatic rings. The molecule has 0 bridgehead atoms. The normalized spacial score (nSPS) is 12.5. The number of hydrogen-bond acceptors (Lipinski definition) is 1. The average Bonchev–Trinajstić information content (AvgIpc) is 2.29. The van der Waals surface area contributed by atoms with E-state index in [2.05, 4.69) is 5.32 Å². The first-order chi connectivity index (χ1) is 8.02. The summed E-state index contributed by atoms with van der Waals surface area (Å²) in [6.07, 6.45) is -0.294. The molecule has 0 aliphatic heterocycles. The first kappa shape index (κ1) is 13.7. The van der Waals surface area contributed by atoms with E-state index >= 15 is 0 Å². The van der Waals surface area contributed by atoms with Gasteiger partial charge in [0.15, 0.2) is 0 Å². The highest BCUT2D eigenvalue weighted by Gasteiger charge is 2.39. The SMILES string of the molecule is FC(F)C(F)(F)CNC/C=C/c1ccccc1. The van der Waals surface area contributed by atoms with Gasteiger partial charge in [0.25, 0.3) is 0 Å². The van der Waals surface area contributed by atoms with Crippen LogP contribution >= 0.6 is 0 Å². The van der Waals surface area contributed by atoms with Crippen molar-refractivity contribution < 1.29 is 17.6 Å². The number of benzene rings is 1. The van der Waals surface area contributed by atoms with Crippen LogP contribution in [-0.2, 0) is 0 Å². The van der Waals surface area contributed by atoms with Crippen LogP contribution in [0.25, 0.3) is 6.08 Å². The molecule has 0 fully saturated rings. The summed E-state index contributed by atoms with van der Waals surface area (Å²) in [7, 11) is 0. The Kier molecular flexibility index (Phi) is 5.15. The highest BCUT2D eigenvalue weighted by Crippen LogP contribution is 2.21. The van der Waals surface area contributed by atoms with Crippen molar-refractivity contribution in [3.05, 3.63) is 42.0 Å². The van der Waals surface area contributed by atoms with E-state index in [1.165, 1.54) is 0 Å². The zero-order valence-electron chi connectivity index (χ0n) is 9.04. The average molecular weight is 247 g/mol. The van der Waals surface area contributed by atoms with Crippen LogP contribution in [0.15, 0.2) is 36.4 Å². The van der Waals surface area contributed by atoms with E-state index in [1.807, 2.05) is 30.3 Å². The van der Waals surface area contributed by atoms with Crippen molar-refractivity contribution in [3.8, 4) is 0 Å². The van der Waals surface area contributed by atoms with Crippen LogP contribution in [0.4, 0.5) is 17.6 Å². The van der Waals surface area contributed by atoms with Crippen molar-refractivity contribution in [2.75, 3.05) is 13.1 Å². The van der Waals surface area contributed by atoms with E-state index in [0.717, 1.165) is 5.56 Å². The van der Waals surface area contributed by atoms with Gasteiger partial charge in [-0.15, -0.1) is 0 Å². The van der Waals surface area contributed by atoms with Gasteiger partial charge in [0, 0.05) is 6.54 Å². The fourth-order valence-corrected chi connectivity index (χ4v) is 1.16. The van der Waals surface area contributed by atoms with Gasteiger partial charge in [0.2, 0.25) is 0 Å². The lowest BCUT2D eigenvalue weighted by Crippen LogP contribution is -2.38. The minimum Gasteiger partial charge on any atom is -0.307 e. The van der Waals surface area contributed by atoms with Crippen LogP contribution in [0.3, 0.4) is 0 Å². The lowest BCUT2D eigenvalue weighted by molar-refractivity contribution is -0.124. The van der Waals surface area contributed by atoms with Crippen LogP contribution in [0.2, 0.25) is 0 Å². The van der Waals surface area contributed by atoms with Gasteiger partial charge in [0.05, 0.1) is 6.54 Å². The molecule has 94 valence electrons. The van der Waals surface area contributed by atoms with Crippen LogP contribution in [0.5, 0.6) is 0 Å². The lowest BCUT2D eigenvalue weighted by atomic mass is 10.2. The summed E-state index contributed by atoms with van der Waals surface area (Å²) in [5.74, 6) is -3.97. The highest BCUT2D eigenvalue weighted by atomic mass is 19.3. The molecular formula is C12H13F4N. The van der Waals surface area contributed by atoms with Crippen molar-refractivity contribution in [2.24, 2.45) is 0 Å². The molecule has 0 atom stereocenters. The predicted octanol–water partition coefficient (Wildman–Crippen LogP) is 3.19. The summed E-state index contributed by atoms with van der Waals surface area (Å²) in [4.78, 5) is 0. The van der Waals surface area contributed by atoms with Gasteiger partial charge in [0.1, 0.15) is 0 Å². The van der Waals surface area contributed by atoms with E-state index in [1.54, 1.807) is 12.2 Å². The van der Waals surface area contributed by atoms with Crippen molar-refractivity contribution >= 4 is 6.08 Å². The molecule has 0 saturated carbocycles. The van der Waals surface area contributed by atoms with Crippen molar-refractivity contribution in [2.45, 2.75) is 12.3 Å². The third kappa shape index (κ3) is 4.99. The van der Waals surface area contributed by atoms with E-state index in [4.69, 9.17) is 0 Å². The maximum Gasteiger partial charge on any atom is 0.319 e. The van der Waals surface area contributed by atoms with Crippen molar-refractivity contribution in [3.63, 3.8) is 0 Å². The summed E-state index contributed by atoms with van der Waals surface area (Å²) < 4.78 is 48.5. The third-order valence-corrected chi connectivity index (χ3v) is 2.05. The molecule has 0 spiro atoms. The Labute approximate surface area is 97.1 Å². The minimum atomic E-state index is -3.97. The highest BCUT2D eigenvalue weighted by molar-refractivity contribution is 5.48. The Morgan fingerprint density at radius 3 is 2.41 bits per heavy atom. The van der Waals surface area contributed by atoms with Gasteiger partial charge in [-0.25, -0.2) is 8.78 Å². The number of nitrogens with one attached hydrogen (secondary N) is 1. The molecule has 0 saturated heterocycles. The molecule has 1 N–H and O–H groups in total. The largest absolute Gasteiger partial charge is 0.319 e. The minimum absolute atomic E-state index is 0.122. The third-order valence-electron chi connectivity index (χ3n) is 2.05. The second kappa shape index (κ2) is 6.39. The smallest absolute Gasteiger partial charge is 0.307 e. The second-order valence-electron chi connectivity index (χ2n) is 3.51. The van der Waals surface area contributed by atoms with Crippen molar-refractivity contribution in [1.82, 2.24) is 5.32 Å². The summed E-state index contributed by atoms with van der Waals surface area (Å²) in [5, 5.41) is 2.26. The zero-order chi connectivity index (χ0) is 12.7. The summed E-state index contributed by atoms with van der Waals surface area (Å²) >= 11 is 0. The Balaban J connectivity index is 2.27. The number of rotatable bonds is 6. The van der Waals surface area contributed by atoms with Gasteiger partial charge < -0.3 is 5.32 Å². The number of alkyl halides is 4. The molecule has 0 aliphatic carbocycles. The van der Waals surface area contributed by atoms with Crippen LogP contribution in [0.1, 0.15) is 5.56 Å². The van der Waals surface area contributed by atoms with Gasteiger partial charge in [-0.3, -0.25) is 0 Å². The van der Waals surface area contributed by atoms with E-state index in [9.17, 15) is 17.6 Å². The molecule has 0 aromatic heterocycles. The molecular weight excluding hydrogens is 234 g/mol. The summed E-state index contributed by atoms with van der Waals surface area (Å²) in [5.41, 5.74) is 0.926. The molecule has 1 nitrogen and oxygen atoms in total. The van der Waals surface area contributed by atoms with Gasteiger partial charge in [-0.2, -0.15) is 8.78 Å². The Bertz CT molecular complexity index is 349. The standard InChI is InChI=1S/C12H13F4N/c13-11(14)12(15,16)9-17-8-4-7-10-5-2-1-3-6-10/h1-7,11,17H,8-9H2/b7-4+. The molecule has 17 heavy (non-hydrogen) atoms. The molecule has 0 amide bonds. The lowest BCUT2D eigenvalue weighted by Gasteiger charge is -2.14. The Morgan fingerprint density at radius 1 is 1.18 bits per heavy atom. The van der Waals surface area contributed by atoms with Crippen LogP contribution in [0, 0.1) is 0 Å². The van der Waals surface area contributed by atoms with E-state index < -0.39 is 18.9 Å². The molecule has 0 unspecified atom stereocenters. The predicted molar refractivity (Wildman–Crippen MR) is 59.3 cm³/mol. The van der Waals surface area contributed by atoms with Gasteiger partial charge in [-0.1, -0.05) is 42.5 Å². The first-order valence-electron chi connectivity index (χ1n) is 5.10. The van der Waals surface area contributed by atoms with E-state index in [0.29, 0.717) is 0 Å². The molecule has 5 heteroatoms. The Hall–Kier alpha value is -1.36. The van der Waals surface area contributed by atoms with Crippen molar-refractivity contribution in [1.29, 1.82) is 0 Å². The van der Waals surface area contributed by atoms with Gasteiger partial charge in [-0.05, 0) is 5.56 Å². The fourth-order valence-electron chi connectivity index (χ4n) is 1.16. The summed E-state index contributed by atoms with van der Waals surface area (Å²) in [6, 6.07) is 9.25. The number of halogens is 4. The molecule has 1 aromatic carbocycles. The Morgan fingerprint density at radius 2 is 1.82 bits per heavy atom. The molecule has 1 aromatic rings. The molecule has 0 heterocycles. The maximum atomic E-state index is 12.5. The van der Waals surface area contributed by atoms with Crippen LogP contribution < -0.4 is 5.32 Å². The topological polar surface area (TPSA) is 12.0 Å². The first-order valence-corrected chi connectivity index (χ1v) is 5.10. The second-order valence-corrected chi connectivity index (χ2v) is 3.51. The van der Waals surface area contributed by atoms with Crippen LogP contribution in [-0.4, -0.2) is 25.4 Å². The van der Waals surface area contributed by atoms with E-state index in [-0.39, 0.29) is 6.54 Å². The molecule has 0 radical (unpaired) electrons. The summed E-state index contributed by atoms with van der Waals surface area (Å²) in [6.45, 7) is -0.902. The zero-order valence-corrected chi connectivity index (χ0v) is 9.04. The number of hydrogen-bond donors (Lipinski definition) is 1. The quantitative estimate of drug-likeness (QED) is 0.601. The fraction of sp³-hybridized carbons (Fsp3) is 0.333. The monoisotopic (exact) mass is 247 g/mol. The molecule has 1 rings (SSSR count). The maximum absolute atomic E-state index is 12.5. The van der Waals surface area contributed by atoms with Gasteiger partial charge >= 0.3 is 12.3 Å².